The Labute approximate surface area is 125 Å². The molecule has 0 radical (unpaired) electrons. The van der Waals surface area contributed by atoms with Crippen molar-refractivity contribution in [3.63, 3.8) is 0 Å². The first-order valence-electron chi connectivity index (χ1n) is 6.33. The van der Waals surface area contributed by atoms with Crippen LogP contribution in [0.3, 0.4) is 0 Å². The molecule has 6 heteroatoms. The van der Waals surface area contributed by atoms with Crippen LogP contribution in [0, 0.1) is 6.92 Å². The quantitative estimate of drug-likeness (QED) is 0.790. The molecular formula is C15H15NO4S. The first-order chi connectivity index (χ1) is 9.95. The second-order valence-electron chi connectivity index (χ2n) is 4.65. The predicted molar refractivity (Wildman–Crippen MR) is 79.8 cm³/mol. The number of phenols is 1. The molecule has 0 aliphatic heterocycles. The Kier molecular flexibility index (Phi) is 4.59. The smallest absolute Gasteiger partial charge is 0.326 e. The highest BCUT2D eigenvalue weighted by molar-refractivity contribution is 7.13. The van der Waals surface area contributed by atoms with E-state index in [2.05, 4.69) is 5.32 Å². The van der Waals surface area contributed by atoms with E-state index in [1.54, 1.807) is 18.2 Å². The summed E-state index contributed by atoms with van der Waals surface area (Å²) >= 11 is 1.32. The second kappa shape index (κ2) is 6.41. The van der Waals surface area contributed by atoms with Gasteiger partial charge < -0.3 is 15.5 Å². The fourth-order valence-electron chi connectivity index (χ4n) is 1.85. The summed E-state index contributed by atoms with van der Waals surface area (Å²) in [6, 6.07) is 8.71. The van der Waals surface area contributed by atoms with Crippen LogP contribution in [0.2, 0.25) is 0 Å². The minimum Gasteiger partial charge on any atom is -0.508 e. The molecule has 110 valence electrons. The maximum absolute atomic E-state index is 12.0. The van der Waals surface area contributed by atoms with Crippen molar-refractivity contribution in [2.24, 2.45) is 0 Å². The lowest BCUT2D eigenvalue weighted by Crippen LogP contribution is -2.42. The molecule has 0 unspecified atom stereocenters. The summed E-state index contributed by atoms with van der Waals surface area (Å²) in [6.45, 7) is 1.88. The average molecular weight is 305 g/mol. The van der Waals surface area contributed by atoms with Crippen LogP contribution in [0.15, 0.2) is 36.4 Å². The summed E-state index contributed by atoms with van der Waals surface area (Å²) in [5.74, 6) is -1.37. The number of phenolic OH excluding ortho intramolecular Hbond substituents is 1. The third kappa shape index (κ3) is 4.06. The first-order valence-corrected chi connectivity index (χ1v) is 7.15. The Hall–Kier alpha value is -2.34. The number of amides is 1. The molecule has 1 aromatic carbocycles. The summed E-state index contributed by atoms with van der Waals surface area (Å²) < 4.78 is 0. The first kappa shape index (κ1) is 15.1. The molecule has 0 saturated carbocycles. The molecule has 1 heterocycles. The molecule has 2 aromatic rings. The number of hydrogen-bond acceptors (Lipinski definition) is 4. The molecular weight excluding hydrogens is 290 g/mol. The van der Waals surface area contributed by atoms with Crippen LogP contribution in [-0.2, 0) is 11.2 Å². The van der Waals surface area contributed by atoms with Crippen molar-refractivity contribution >= 4 is 23.2 Å². The van der Waals surface area contributed by atoms with Crippen molar-refractivity contribution in [2.75, 3.05) is 0 Å². The highest BCUT2D eigenvalue weighted by Crippen LogP contribution is 2.16. The van der Waals surface area contributed by atoms with E-state index in [9.17, 15) is 19.8 Å². The van der Waals surface area contributed by atoms with Gasteiger partial charge in [-0.1, -0.05) is 12.1 Å². The van der Waals surface area contributed by atoms with Gasteiger partial charge in [-0.05, 0) is 36.8 Å². The van der Waals surface area contributed by atoms with E-state index in [1.165, 1.54) is 23.5 Å². The number of carbonyl (C=O) groups is 2. The third-order valence-corrected chi connectivity index (χ3v) is 3.94. The van der Waals surface area contributed by atoms with Crippen LogP contribution < -0.4 is 5.32 Å². The van der Waals surface area contributed by atoms with Gasteiger partial charge in [-0.2, -0.15) is 0 Å². The van der Waals surface area contributed by atoms with Crippen LogP contribution in [0.4, 0.5) is 0 Å². The number of benzene rings is 1. The molecule has 21 heavy (non-hydrogen) atoms. The summed E-state index contributed by atoms with van der Waals surface area (Å²) in [6.07, 6.45) is 0.158. The van der Waals surface area contributed by atoms with Crippen LogP contribution in [0.25, 0.3) is 0 Å². The number of aryl methyl sites for hydroxylation is 1. The standard InChI is InChI=1S/C15H15NO4S/c1-9-2-7-13(21-9)14(18)16-12(15(19)20)8-10-3-5-11(17)6-4-10/h2-7,12,17H,8H2,1H3,(H,16,18)(H,19,20)/t12-/m0/s1. The van der Waals surface area contributed by atoms with Crippen molar-refractivity contribution in [1.29, 1.82) is 0 Å². The van der Waals surface area contributed by atoms with Crippen molar-refractivity contribution in [3.8, 4) is 5.75 Å². The van der Waals surface area contributed by atoms with Gasteiger partial charge >= 0.3 is 5.97 Å². The van der Waals surface area contributed by atoms with Gasteiger partial charge in [0.15, 0.2) is 0 Å². The Morgan fingerprint density at radius 2 is 1.86 bits per heavy atom. The topological polar surface area (TPSA) is 86.6 Å². The number of rotatable bonds is 5. The minimum atomic E-state index is -1.09. The van der Waals surface area contributed by atoms with Gasteiger partial charge in [0.2, 0.25) is 0 Å². The maximum atomic E-state index is 12.0. The summed E-state index contributed by atoms with van der Waals surface area (Å²) in [5.41, 5.74) is 0.725. The van der Waals surface area contributed by atoms with E-state index in [-0.39, 0.29) is 18.1 Å². The van der Waals surface area contributed by atoms with Gasteiger partial charge in [0, 0.05) is 11.3 Å². The predicted octanol–water partition coefficient (Wildman–Crippen LogP) is 2.19. The minimum absolute atomic E-state index is 0.115. The second-order valence-corrected chi connectivity index (χ2v) is 5.93. The highest BCUT2D eigenvalue weighted by Gasteiger charge is 2.21. The van der Waals surface area contributed by atoms with Gasteiger partial charge in [-0.3, -0.25) is 4.79 Å². The van der Waals surface area contributed by atoms with Crippen LogP contribution >= 0.6 is 11.3 Å². The average Bonchev–Trinajstić information content (AvgIpc) is 2.87. The molecule has 0 aliphatic carbocycles. The van der Waals surface area contributed by atoms with E-state index in [0.717, 1.165) is 10.4 Å². The molecule has 5 nitrogen and oxygen atoms in total. The van der Waals surface area contributed by atoms with E-state index in [4.69, 9.17) is 0 Å². The fraction of sp³-hybridized carbons (Fsp3) is 0.200. The summed E-state index contributed by atoms with van der Waals surface area (Å²) in [4.78, 5) is 24.8. The van der Waals surface area contributed by atoms with E-state index in [0.29, 0.717) is 4.88 Å². The molecule has 0 fully saturated rings. The Balaban J connectivity index is 2.07. The lowest BCUT2D eigenvalue weighted by molar-refractivity contribution is -0.139. The maximum Gasteiger partial charge on any atom is 0.326 e. The number of aliphatic carboxylic acids is 1. The molecule has 0 spiro atoms. The number of carbonyl (C=O) groups excluding carboxylic acids is 1. The molecule has 3 N–H and O–H groups in total. The largest absolute Gasteiger partial charge is 0.508 e. The third-order valence-electron chi connectivity index (χ3n) is 2.94. The monoisotopic (exact) mass is 305 g/mol. The normalized spacial score (nSPS) is 11.9. The van der Waals surface area contributed by atoms with E-state index < -0.39 is 12.0 Å². The fourth-order valence-corrected chi connectivity index (χ4v) is 2.62. The molecule has 0 bridgehead atoms. The molecule has 1 atom stereocenters. The number of thiophene rings is 1. The molecule has 1 aromatic heterocycles. The van der Waals surface area contributed by atoms with Gasteiger partial charge in [-0.15, -0.1) is 11.3 Å². The number of carboxylic acid groups (broad SMARTS) is 1. The number of aromatic hydroxyl groups is 1. The number of nitrogens with one attached hydrogen (secondary N) is 1. The van der Waals surface area contributed by atoms with Gasteiger partial charge in [-0.25, -0.2) is 4.79 Å². The van der Waals surface area contributed by atoms with Crippen molar-refractivity contribution in [1.82, 2.24) is 5.32 Å². The Morgan fingerprint density at radius 3 is 2.38 bits per heavy atom. The van der Waals surface area contributed by atoms with Crippen molar-refractivity contribution in [2.45, 2.75) is 19.4 Å². The SMILES string of the molecule is Cc1ccc(C(=O)N[C@@H](Cc2ccc(O)cc2)C(=O)O)s1. The summed E-state index contributed by atoms with van der Waals surface area (Å²) in [5, 5.41) is 21.0. The zero-order valence-electron chi connectivity index (χ0n) is 11.4. The van der Waals surface area contributed by atoms with Crippen molar-refractivity contribution in [3.05, 3.63) is 51.7 Å². The van der Waals surface area contributed by atoms with Gasteiger partial charge in [0.1, 0.15) is 11.8 Å². The lowest BCUT2D eigenvalue weighted by Gasteiger charge is -2.14. The van der Waals surface area contributed by atoms with Crippen LogP contribution in [0.5, 0.6) is 5.75 Å². The number of hydrogen-bond donors (Lipinski definition) is 3. The summed E-state index contributed by atoms with van der Waals surface area (Å²) in [7, 11) is 0. The van der Waals surface area contributed by atoms with Gasteiger partial charge in [0.25, 0.3) is 5.91 Å². The zero-order valence-corrected chi connectivity index (χ0v) is 12.2. The lowest BCUT2D eigenvalue weighted by atomic mass is 10.1. The van der Waals surface area contributed by atoms with Crippen molar-refractivity contribution < 1.29 is 19.8 Å². The molecule has 0 aliphatic rings. The Bertz CT molecular complexity index is 648. The van der Waals surface area contributed by atoms with E-state index >= 15 is 0 Å². The zero-order chi connectivity index (χ0) is 15.4. The highest BCUT2D eigenvalue weighted by atomic mass is 32.1. The molecule has 2 rings (SSSR count). The van der Waals surface area contributed by atoms with Crippen LogP contribution in [-0.4, -0.2) is 28.1 Å². The van der Waals surface area contributed by atoms with Crippen LogP contribution in [0.1, 0.15) is 20.1 Å². The van der Waals surface area contributed by atoms with E-state index in [1.807, 2.05) is 13.0 Å². The number of carboxylic acids is 1. The van der Waals surface area contributed by atoms with Gasteiger partial charge in [0.05, 0.1) is 4.88 Å². The Morgan fingerprint density at radius 1 is 1.19 bits per heavy atom. The molecule has 0 saturated heterocycles. The molecule has 1 amide bonds.